The zero-order valence-corrected chi connectivity index (χ0v) is 18.3. The average Bonchev–Trinajstić information content (AvgIpc) is 3.13. The smallest absolute Gasteiger partial charge is 0.324 e. The van der Waals surface area contributed by atoms with E-state index in [1.54, 1.807) is 12.1 Å². The molecule has 0 saturated carbocycles. The van der Waals surface area contributed by atoms with Crippen molar-refractivity contribution in [2.45, 2.75) is 43.7 Å². The monoisotopic (exact) mass is 451 g/mol. The van der Waals surface area contributed by atoms with Gasteiger partial charge in [-0.2, -0.15) is 4.31 Å². The highest BCUT2D eigenvalue weighted by molar-refractivity contribution is 7.89. The second-order valence-electron chi connectivity index (χ2n) is 7.55. The molecule has 1 heterocycles. The Morgan fingerprint density at radius 2 is 1.84 bits per heavy atom. The average molecular weight is 452 g/mol. The zero-order valence-electron chi connectivity index (χ0n) is 17.5. The van der Waals surface area contributed by atoms with Gasteiger partial charge in [0.1, 0.15) is 17.6 Å². The number of rotatable bonds is 8. The topological polar surface area (TPSA) is 93.1 Å². The van der Waals surface area contributed by atoms with Gasteiger partial charge in [0, 0.05) is 19.4 Å². The van der Waals surface area contributed by atoms with E-state index in [2.05, 4.69) is 0 Å². The summed E-state index contributed by atoms with van der Waals surface area (Å²) in [7, 11) is -3.96. The third-order valence-electron chi connectivity index (χ3n) is 5.21. The maximum Gasteiger partial charge on any atom is 0.324 e. The third kappa shape index (κ3) is 5.61. The molecule has 2 unspecified atom stereocenters. The molecule has 0 spiro atoms. The van der Waals surface area contributed by atoms with Crippen LogP contribution < -0.4 is 4.74 Å². The van der Waals surface area contributed by atoms with Crippen molar-refractivity contribution in [3.63, 3.8) is 0 Å². The highest BCUT2D eigenvalue weighted by atomic mass is 32.2. The summed E-state index contributed by atoms with van der Waals surface area (Å²) in [5.41, 5.74) is 1.78. The highest BCUT2D eigenvalue weighted by Crippen LogP contribution is 2.28. The van der Waals surface area contributed by atoms with E-state index in [-0.39, 0.29) is 36.9 Å². The summed E-state index contributed by atoms with van der Waals surface area (Å²) in [5.74, 6) is -0.566. The van der Waals surface area contributed by atoms with Crippen molar-refractivity contribution in [1.29, 1.82) is 0 Å². The fourth-order valence-corrected chi connectivity index (χ4v) is 5.03. The molecule has 0 aromatic heterocycles. The summed E-state index contributed by atoms with van der Waals surface area (Å²) in [5, 5.41) is 10.0. The molecule has 31 heavy (non-hydrogen) atoms. The van der Waals surface area contributed by atoms with Crippen LogP contribution in [0.2, 0.25) is 0 Å². The SMILES string of the molecule is Cc1ccc(S(=O)(=O)N2CC(O)CC2C(=O)OCCCOc2ccc(F)cc2)cc1C. The number of hydrogen-bond donors (Lipinski definition) is 1. The molecule has 2 aromatic rings. The molecule has 1 aliphatic heterocycles. The largest absolute Gasteiger partial charge is 0.493 e. The third-order valence-corrected chi connectivity index (χ3v) is 7.08. The number of carbonyl (C=O) groups excluding carboxylic acids is 1. The van der Waals surface area contributed by atoms with Crippen molar-refractivity contribution in [2.24, 2.45) is 0 Å². The van der Waals surface area contributed by atoms with Crippen LogP contribution in [-0.4, -0.2) is 55.7 Å². The molecule has 2 atom stereocenters. The van der Waals surface area contributed by atoms with E-state index in [4.69, 9.17) is 9.47 Å². The first-order chi connectivity index (χ1) is 14.7. The Kier molecular flexibility index (Phi) is 7.30. The molecule has 7 nitrogen and oxygen atoms in total. The Morgan fingerprint density at radius 3 is 2.52 bits per heavy atom. The Balaban J connectivity index is 1.57. The van der Waals surface area contributed by atoms with Crippen LogP contribution in [0.1, 0.15) is 24.0 Å². The van der Waals surface area contributed by atoms with Crippen molar-refractivity contribution in [1.82, 2.24) is 4.31 Å². The second kappa shape index (κ2) is 9.76. The molecule has 1 saturated heterocycles. The summed E-state index contributed by atoms with van der Waals surface area (Å²) in [6.07, 6.45) is -0.585. The van der Waals surface area contributed by atoms with Gasteiger partial charge in [-0.05, 0) is 61.4 Å². The van der Waals surface area contributed by atoms with Gasteiger partial charge in [-0.25, -0.2) is 12.8 Å². The van der Waals surface area contributed by atoms with Crippen molar-refractivity contribution in [2.75, 3.05) is 19.8 Å². The van der Waals surface area contributed by atoms with Gasteiger partial charge in [-0.3, -0.25) is 4.79 Å². The summed E-state index contributed by atoms with van der Waals surface area (Å²) in [4.78, 5) is 12.6. The number of hydrogen-bond acceptors (Lipinski definition) is 6. The molecule has 0 bridgehead atoms. The maximum atomic E-state index is 13.1. The van der Waals surface area contributed by atoms with Crippen LogP contribution in [0.5, 0.6) is 5.75 Å². The van der Waals surface area contributed by atoms with Crippen LogP contribution in [0.4, 0.5) is 4.39 Å². The van der Waals surface area contributed by atoms with E-state index in [0.717, 1.165) is 15.4 Å². The number of aliphatic hydroxyl groups excluding tert-OH is 1. The normalized spacial score (nSPS) is 19.4. The van der Waals surface area contributed by atoms with Gasteiger partial charge >= 0.3 is 5.97 Å². The number of esters is 1. The van der Waals surface area contributed by atoms with E-state index in [1.807, 2.05) is 13.8 Å². The summed E-state index contributed by atoms with van der Waals surface area (Å²) in [6.45, 7) is 3.81. The second-order valence-corrected chi connectivity index (χ2v) is 9.44. The molecule has 1 aliphatic rings. The first-order valence-corrected chi connectivity index (χ1v) is 11.4. The molecule has 1 N–H and O–H groups in total. The Hall–Kier alpha value is -2.49. The van der Waals surface area contributed by atoms with Crippen LogP contribution in [0.25, 0.3) is 0 Å². The quantitative estimate of drug-likeness (QED) is 0.490. The number of β-amino-alcohol motifs (C(OH)–C–C–N with tert-alkyl or cyclic N) is 1. The minimum atomic E-state index is -3.96. The Labute approximate surface area is 181 Å². The molecule has 2 aromatic carbocycles. The number of benzene rings is 2. The van der Waals surface area contributed by atoms with Gasteiger partial charge in [0.05, 0.1) is 24.2 Å². The fourth-order valence-electron chi connectivity index (χ4n) is 3.32. The predicted octanol–water partition coefficient (Wildman–Crippen LogP) is 2.58. The van der Waals surface area contributed by atoms with Crippen molar-refractivity contribution in [3.05, 3.63) is 59.4 Å². The predicted molar refractivity (Wildman–Crippen MR) is 112 cm³/mol. The maximum absolute atomic E-state index is 13.1. The molecule has 0 aliphatic carbocycles. The van der Waals surface area contributed by atoms with E-state index < -0.39 is 28.1 Å². The molecular formula is C22H26FNO6S. The molecule has 9 heteroatoms. The molecule has 168 valence electrons. The van der Waals surface area contributed by atoms with Crippen molar-refractivity contribution in [3.8, 4) is 5.75 Å². The number of nitrogens with zero attached hydrogens (tertiary/aromatic N) is 1. The van der Waals surface area contributed by atoms with Gasteiger partial charge < -0.3 is 14.6 Å². The van der Waals surface area contributed by atoms with Crippen molar-refractivity contribution < 1.29 is 32.2 Å². The Bertz CT molecular complexity index is 1020. The first kappa shape index (κ1) is 23.2. The molecule has 1 fully saturated rings. The minimum Gasteiger partial charge on any atom is -0.493 e. The van der Waals surface area contributed by atoms with Crippen molar-refractivity contribution >= 4 is 16.0 Å². The van der Waals surface area contributed by atoms with Gasteiger partial charge in [-0.15, -0.1) is 0 Å². The Morgan fingerprint density at radius 1 is 1.13 bits per heavy atom. The van der Waals surface area contributed by atoms with Gasteiger partial charge in [0.2, 0.25) is 10.0 Å². The first-order valence-electron chi connectivity index (χ1n) is 10.0. The lowest BCUT2D eigenvalue weighted by atomic mass is 10.1. The van der Waals surface area contributed by atoms with Crippen LogP contribution in [-0.2, 0) is 19.6 Å². The number of sulfonamides is 1. The zero-order chi connectivity index (χ0) is 22.6. The lowest BCUT2D eigenvalue weighted by Gasteiger charge is -2.23. The van der Waals surface area contributed by atoms with Gasteiger partial charge in [-0.1, -0.05) is 6.07 Å². The highest BCUT2D eigenvalue weighted by Gasteiger charge is 2.44. The van der Waals surface area contributed by atoms with Gasteiger partial charge in [0.15, 0.2) is 0 Å². The standard InChI is InChI=1S/C22H26FNO6S/c1-15-4-9-20(12-16(15)2)31(27,28)24-14-18(25)13-21(24)22(26)30-11-3-10-29-19-7-5-17(23)6-8-19/h4-9,12,18,21,25H,3,10-11,13-14H2,1-2H3. The molecule has 0 amide bonds. The number of ether oxygens (including phenoxy) is 2. The van der Waals surface area contributed by atoms with Crippen LogP contribution in [0.3, 0.4) is 0 Å². The van der Waals surface area contributed by atoms with Gasteiger partial charge in [0.25, 0.3) is 0 Å². The lowest BCUT2D eigenvalue weighted by molar-refractivity contribution is -0.147. The summed E-state index contributed by atoms with van der Waals surface area (Å²) >= 11 is 0. The van der Waals surface area contributed by atoms with E-state index in [1.165, 1.54) is 30.3 Å². The molecule has 3 rings (SSSR count). The van der Waals surface area contributed by atoms with Crippen LogP contribution in [0, 0.1) is 19.7 Å². The number of aryl methyl sites for hydroxylation is 2. The lowest BCUT2D eigenvalue weighted by Crippen LogP contribution is -2.41. The number of aliphatic hydroxyl groups is 1. The molecular weight excluding hydrogens is 425 g/mol. The van der Waals surface area contributed by atoms with E-state index >= 15 is 0 Å². The summed E-state index contributed by atoms with van der Waals surface area (Å²) in [6, 6.07) is 9.25. The molecule has 0 radical (unpaired) electrons. The van der Waals surface area contributed by atoms with E-state index in [9.17, 15) is 22.7 Å². The number of carbonyl (C=O) groups is 1. The van der Waals surface area contributed by atoms with Crippen LogP contribution >= 0.6 is 0 Å². The van der Waals surface area contributed by atoms with Crippen LogP contribution in [0.15, 0.2) is 47.4 Å². The fraction of sp³-hybridized carbons (Fsp3) is 0.409. The minimum absolute atomic E-state index is 0.0189. The summed E-state index contributed by atoms with van der Waals surface area (Å²) < 4.78 is 50.7. The van der Waals surface area contributed by atoms with E-state index in [0.29, 0.717) is 12.2 Å². The number of halogens is 1.